The standard InChI is InChI=1S/C14H18N4/c1-4-11-6-5-7-12(8-11)18-14-9(2)13(15)16-10(3)17-14/h5-8H,4H2,1-3H3,(H3,15,16,17,18). The number of benzene rings is 1. The third-order valence-electron chi connectivity index (χ3n) is 2.89. The molecule has 1 heterocycles. The molecule has 0 bridgehead atoms. The van der Waals surface area contributed by atoms with E-state index in [0.717, 1.165) is 23.5 Å². The molecular weight excluding hydrogens is 224 g/mol. The molecule has 0 saturated heterocycles. The minimum atomic E-state index is 0.525. The molecule has 0 saturated carbocycles. The van der Waals surface area contributed by atoms with Crippen LogP contribution < -0.4 is 11.1 Å². The molecule has 0 radical (unpaired) electrons. The van der Waals surface area contributed by atoms with Gasteiger partial charge in [0, 0.05) is 11.3 Å². The average molecular weight is 242 g/mol. The van der Waals surface area contributed by atoms with Crippen molar-refractivity contribution in [3.05, 3.63) is 41.2 Å². The van der Waals surface area contributed by atoms with Crippen molar-refractivity contribution < 1.29 is 0 Å². The molecule has 4 heteroatoms. The lowest BCUT2D eigenvalue weighted by molar-refractivity contribution is 1.04. The number of nitrogen functional groups attached to an aromatic ring is 1. The Labute approximate surface area is 107 Å². The first-order valence-corrected chi connectivity index (χ1v) is 6.07. The van der Waals surface area contributed by atoms with E-state index in [0.29, 0.717) is 11.6 Å². The molecule has 0 aliphatic carbocycles. The number of hydrogen-bond donors (Lipinski definition) is 2. The fourth-order valence-corrected chi connectivity index (χ4v) is 1.78. The Morgan fingerprint density at radius 2 is 2.00 bits per heavy atom. The van der Waals surface area contributed by atoms with Crippen molar-refractivity contribution in [1.82, 2.24) is 9.97 Å². The van der Waals surface area contributed by atoms with Crippen molar-refractivity contribution in [1.29, 1.82) is 0 Å². The van der Waals surface area contributed by atoms with Gasteiger partial charge in [-0.25, -0.2) is 9.97 Å². The number of nitrogens with one attached hydrogen (secondary N) is 1. The third-order valence-corrected chi connectivity index (χ3v) is 2.89. The van der Waals surface area contributed by atoms with E-state index in [1.807, 2.05) is 26.0 Å². The van der Waals surface area contributed by atoms with Crippen molar-refractivity contribution >= 4 is 17.3 Å². The summed E-state index contributed by atoms with van der Waals surface area (Å²) in [5, 5.41) is 3.30. The lowest BCUT2D eigenvalue weighted by atomic mass is 10.1. The summed E-state index contributed by atoms with van der Waals surface area (Å²) < 4.78 is 0. The fourth-order valence-electron chi connectivity index (χ4n) is 1.78. The van der Waals surface area contributed by atoms with Crippen molar-refractivity contribution in [2.75, 3.05) is 11.1 Å². The van der Waals surface area contributed by atoms with Crippen molar-refractivity contribution in [3.8, 4) is 0 Å². The summed E-state index contributed by atoms with van der Waals surface area (Å²) >= 11 is 0. The first-order valence-electron chi connectivity index (χ1n) is 6.07. The summed E-state index contributed by atoms with van der Waals surface area (Å²) in [6.07, 6.45) is 1.01. The minimum absolute atomic E-state index is 0.525. The predicted molar refractivity (Wildman–Crippen MR) is 75.0 cm³/mol. The van der Waals surface area contributed by atoms with Crippen LogP contribution in [0.5, 0.6) is 0 Å². The molecule has 1 aromatic heterocycles. The van der Waals surface area contributed by atoms with Gasteiger partial charge >= 0.3 is 0 Å². The van der Waals surface area contributed by atoms with E-state index in [4.69, 9.17) is 5.73 Å². The number of nitrogens with two attached hydrogens (primary N) is 1. The van der Waals surface area contributed by atoms with Crippen LogP contribution >= 0.6 is 0 Å². The third kappa shape index (κ3) is 2.59. The second kappa shape index (κ2) is 5.04. The summed E-state index contributed by atoms with van der Waals surface area (Å²) in [7, 11) is 0. The van der Waals surface area contributed by atoms with Gasteiger partial charge in [-0.2, -0.15) is 0 Å². The van der Waals surface area contributed by atoms with E-state index in [1.165, 1.54) is 5.56 Å². The van der Waals surface area contributed by atoms with Gasteiger partial charge in [0.15, 0.2) is 0 Å². The summed E-state index contributed by atoms with van der Waals surface area (Å²) in [5.41, 5.74) is 9.03. The Bertz CT molecular complexity index is 564. The lowest BCUT2D eigenvalue weighted by Gasteiger charge is -2.11. The Balaban J connectivity index is 2.33. The van der Waals surface area contributed by atoms with E-state index in [1.54, 1.807) is 0 Å². The van der Waals surface area contributed by atoms with Crippen LogP contribution in [-0.4, -0.2) is 9.97 Å². The molecule has 2 rings (SSSR count). The second-order valence-corrected chi connectivity index (χ2v) is 4.31. The number of nitrogens with zero attached hydrogens (tertiary/aromatic N) is 2. The first-order chi connectivity index (χ1) is 8.60. The van der Waals surface area contributed by atoms with E-state index in [9.17, 15) is 0 Å². The second-order valence-electron chi connectivity index (χ2n) is 4.31. The molecule has 2 aromatic rings. The highest BCUT2D eigenvalue weighted by Crippen LogP contribution is 2.22. The number of aryl methyl sites for hydroxylation is 2. The normalized spacial score (nSPS) is 10.4. The Hall–Kier alpha value is -2.10. The van der Waals surface area contributed by atoms with E-state index in [-0.39, 0.29) is 0 Å². The Morgan fingerprint density at radius 1 is 1.22 bits per heavy atom. The van der Waals surface area contributed by atoms with Crippen LogP contribution in [0.1, 0.15) is 23.9 Å². The van der Waals surface area contributed by atoms with Gasteiger partial charge in [0.05, 0.1) is 0 Å². The maximum Gasteiger partial charge on any atom is 0.139 e. The van der Waals surface area contributed by atoms with Crippen LogP contribution in [0.2, 0.25) is 0 Å². The van der Waals surface area contributed by atoms with Crippen molar-refractivity contribution in [3.63, 3.8) is 0 Å². The predicted octanol–water partition coefficient (Wildman–Crippen LogP) is 2.98. The Kier molecular flexibility index (Phi) is 3.46. The fraction of sp³-hybridized carbons (Fsp3) is 0.286. The van der Waals surface area contributed by atoms with Crippen LogP contribution in [-0.2, 0) is 6.42 Å². The zero-order valence-electron chi connectivity index (χ0n) is 11.0. The van der Waals surface area contributed by atoms with Crippen LogP contribution in [0.3, 0.4) is 0 Å². The van der Waals surface area contributed by atoms with Crippen LogP contribution in [0.4, 0.5) is 17.3 Å². The topological polar surface area (TPSA) is 63.8 Å². The molecule has 0 amide bonds. The first kappa shape index (κ1) is 12.4. The summed E-state index contributed by atoms with van der Waals surface area (Å²) in [6, 6.07) is 8.28. The van der Waals surface area contributed by atoms with Gasteiger partial charge < -0.3 is 11.1 Å². The largest absolute Gasteiger partial charge is 0.383 e. The highest BCUT2D eigenvalue weighted by Gasteiger charge is 2.06. The van der Waals surface area contributed by atoms with Gasteiger partial charge in [-0.15, -0.1) is 0 Å². The SMILES string of the molecule is CCc1cccc(Nc2nc(C)nc(N)c2C)c1. The summed E-state index contributed by atoms with van der Waals surface area (Å²) in [4.78, 5) is 8.52. The maximum atomic E-state index is 5.84. The van der Waals surface area contributed by atoms with E-state index >= 15 is 0 Å². The quantitative estimate of drug-likeness (QED) is 0.868. The van der Waals surface area contributed by atoms with Gasteiger partial charge in [0.25, 0.3) is 0 Å². The molecule has 1 aromatic carbocycles. The number of anilines is 3. The molecule has 0 unspecified atom stereocenters. The number of aromatic nitrogens is 2. The van der Waals surface area contributed by atoms with Gasteiger partial charge in [-0.3, -0.25) is 0 Å². The molecule has 94 valence electrons. The van der Waals surface area contributed by atoms with Crippen LogP contribution in [0.15, 0.2) is 24.3 Å². The zero-order valence-corrected chi connectivity index (χ0v) is 11.0. The van der Waals surface area contributed by atoms with E-state index in [2.05, 4.69) is 34.3 Å². The molecular formula is C14H18N4. The molecule has 0 aliphatic rings. The zero-order chi connectivity index (χ0) is 13.1. The Morgan fingerprint density at radius 3 is 2.72 bits per heavy atom. The minimum Gasteiger partial charge on any atom is -0.383 e. The highest BCUT2D eigenvalue weighted by atomic mass is 15.1. The monoisotopic (exact) mass is 242 g/mol. The highest BCUT2D eigenvalue weighted by molar-refractivity contribution is 5.64. The summed E-state index contributed by atoms with van der Waals surface area (Å²) in [6.45, 7) is 5.89. The summed E-state index contributed by atoms with van der Waals surface area (Å²) in [5.74, 6) is 1.97. The van der Waals surface area contributed by atoms with Crippen LogP contribution in [0.25, 0.3) is 0 Å². The van der Waals surface area contributed by atoms with Gasteiger partial charge in [-0.05, 0) is 38.0 Å². The molecule has 4 nitrogen and oxygen atoms in total. The smallest absolute Gasteiger partial charge is 0.139 e. The van der Waals surface area contributed by atoms with Crippen LogP contribution in [0, 0.1) is 13.8 Å². The average Bonchev–Trinajstić information content (AvgIpc) is 2.35. The van der Waals surface area contributed by atoms with Crippen molar-refractivity contribution in [2.24, 2.45) is 0 Å². The molecule has 0 aliphatic heterocycles. The molecule has 0 fully saturated rings. The molecule has 0 atom stereocenters. The molecule has 18 heavy (non-hydrogen) atoms. The van der Waals surface area contributed by atoms with Crippen molar-refractivity contribution in [2.45, 2.75) is 27.2 Å². The number of hydrogen-bond acceptors (Lipinski definition) is 4. The van der Waals surface area contributed by atoms with Gasteiger partial charge in [-0.1, -0.05) is 19.1 Å². The lowest BCUT2D eigenvalue weighted by Crippen LogP contribution is -2.05. The van der Waals surface area contributed by atoms with Gasteiger partial charge in [0.2, 0.25) is 0 Å². The van der Waals surface area contributed by atoms with Gasteiger partial charge in [0.1, 0.15) is 17.5 Å². The number of rotatable bonds is 3. The molecule has 3 N–H and O–H groups in total. The maximum absolute atomic E-state index is 5.84. The molecule has 0 spiro atoms. The van der Waals surface area contributed by atoms with E-state index < -0.39 is 0 Å².